The van der Waals surface area contributed by atoms with E-state index in [2.05, 4.69) is 32.9 Å². The molecule has 16 heavy (non-hydrogen) atoms. The number of hydrogen-bond donors (Lipinski definition) is 0. The number of halogens is 1. The van der Waals surface area contributed by atoms with Crippen LogP contribution in [0.2, 0.25) is 0 Å². The minimum Gasteiger partial charge on any atom is -0.371 e. The second-order valence-corrected chi connectivity index (χ2v) is 5.06. The van der Waals surface area contributed by atoms with Crippen molar-refractivity contribution in [3.05, 3.63) is 22.9 Å². The van der Waals surface area contributed by atoms with Crippen LogP contribution in [0.25, 0.3) is 0 Å². The number of nitrogens with zero attached hydrogens (tertiary/aromatic N) is 2. The average Bonchev–Trinajstić information content (AvgIpc) is 2.30. The van der Waals surface area contributed by atoms with Crippen molar-refractivity contribution in [1.29, 1.82) is 0 Å². The van der Waals surface area contributed by atoms with E-state index in [-0.39, 0.29) is 0 Å². The Hall–Kier alpha value is -0.900. The van der Waals surface area contributed by atoms with Crippen LogP contribution in [0.1, 0.15) is 25.7 Å². The van der Waals surface area contributed by atoms with Crippen LogP contribution in [-0.4, -0.2) is 23.9 Å². The molecule has 0 unspecified atom stereocenters. The molecule has 0 bridgehead atoms. The summed E-state index contributed by atoms with van der Waals surface area (Å²) in [5, 5.41) is 0. The van der Waals surface area contributed by atoms with Crippen LogP contribution in [-0.2, 0) is 4.79 Å². The van der Waals surface area contributed by atoms with Gasteiger partial charge in [-0.05, 0) is 34.8 Å². The van der Waals surface area contributed by atoms with E-state index in [1.165, 1.54) is 0 Å². The maximum Gasteiger partial charge on any atom is 0.133 e. The van der Waals surface area contributed by atoms with Gasteiger partial charge < -0.3 is 4.90 Å². The number of carbonyl (C=O) groups is 1. The van der Waals surface area contributed by atoms with Crippen LogP contribution >= 0.6 is 15.9 Å². The number of hydrogen-bond acceptors (Lipinski definition) is 3. The number of ketones is 1. The standard InChI is InChI=1S/C12H15BrN2O/c1-15(9-2-4-10(16)5-3-9)12-6-7-14-8-11(12)13/h6-9H,2-5H2,1H3. The van der Waals surface area contributed by atoms with E-state index in [4.69, 9.17) is 0 Å². The van der Waals surface area contributed by atoms with Crippen molar-refractivity contribution < 1.29 is 4.79 Å². The molecule has 1 aliphatic carbocycles. The molecule has 0 spiro atoms. The second-order valence-electron chi connectivity index (χ2n) is 4.21. The van der Waals surface area contributed by atoms with Crippen molar-refractivity contribution in [3.8, 4) is 0 Å². The van der Waals surface area contributed by atoms with Crippen LogP contribution in [0.15, 0.2) is 22.9 Å². The van der Waals surface area contributed by atoms with Gasteiger partial charge >= 0.3 is 0 Å². The molecule has 3 nitrogen and oxygen atoms in total. The molecule has 0 aliphatic heterocycles. The highest BCUT2D eigenvalue weighted by Gasteiger charge is 2.23. The van der Waals surface area contributed by atoms with Gasteiger partial charge in [0, 0.05) is 38.3 Å². The van der Waals surface area contributed by atoms with Crippen molar-refractivity contribution in [2.75, 3.05) is 11.9 Å². The van der Waals surface area contributed by atoms with Gasteiger partial charge in [0.05, 0.1) is 10.2 Å². The number of anilines is 1. The predicted octanol–water partition coefficient (Wildman–Crippen LogP) is 2.79. The molecule has 1 fully saturated rings. The monoisotopic (exact) mass is 282 g/mol. The Balaban J connectivity index is 2.10. The maximum absolute atomic E-state index is 11.2. The van der Waals surface area contributed by atoms with Crippen molar-refractivity contribution in [3.63, 3.8) is 0 Å². The molecule has 1 heterocycles. The summed E-state index contributed by atoms with van der Waals surface area (Å²) in [6.45, 7) is 0. The van der Waals surface area contributed by atoms with Crippen molar-refractivity contribution in [1.82, 2.24) is 4.98 Å². The number of rotatable bonds is 2. The molecule has 1 saturated carbocycles. The molecule has 4 heteroatoms. The Labute approximate surface area is 104 Å². The average molecular weight is 283 g/mol. The quantitative estimate of drug-likeness (QED) is 0.836. The Bertz CT molecular complexity index is 384. The van der Waals surface area contributed by atoms with E-state index in [0.717, 1.165) is 35.8 Å². The van der Waals surface area contributed by atoms with Gasteiger partial charge in [-0.3, -0.25) is 9.78 Å². The summed E-state index contributed by atoms with van der Waals surface area (Å²) in [5.74, 6) is 0.401. The van der Waals surface area contributed by atoms with Crippen LogP contribution < -0.4 is 4.90 Å². The van der Waals surface area contributed by atoms with E-state index < -0.39 is 0 Å². The van der Waals surface area contributed by atoms with Gasteiger partial charge in [-0.15, -0.1) is 0 Å². The SMILES string of the molecule is CN(c1ccncc1Br)C1CCC(=O)CC1. The van der Waals surface area contributed by atoms with Gasteiger partial charge in [-0.1, -0.05) is 0 Å². The van der Waals surface area contributed by atoms with Gasteiger partial charge in [0.1, 0.15) is 5.78 Å². The third-order valence-electron chi connectivity index (χ3n) is 3.19. The first-order chi connectivity index (χ1) is 7.68. The van der Waals surface area contributed by atoms with Gasteiger partial charge in [0.25, 0.3) is 0 Å². The molecule has 0 saturated heterocycles. The summed E-state index contributed by atoms with van der Waals surface area (Å²) in [7, 11) is 2.08. The molecule has 1 aromatic rings. The molecular formula is C12H15BrN2O. The Morgan fingerprint density at radius 1 is 1.44 bits per heavy atom. The third kappa shape index (κ3) is 2.43. The first-order valence-corrected chi connectivity index (χ1v) is 6.32. The lowest BCUT2D eigenvalue weighted by Crippen LogP contribution is -2.35. The Morgan fingerprint density at radius 2 is 2.12 bits per heavy atom. The molecule has 0 N–H and O–H groups in total. The van der Waals surface area contributed by atoms with Crippen LogP contribution in [0.4, 0.5) is 5.69 Å². The van der Waals surface area contributed by atoms with E-state index >= 15 is 0 Å². The Kier molecular flexibility index (Phi) is 3.59. The largest absolute Gasteiger partial charge is 0.371 e. The van der Waals surface area contributed by atoms with E-state index in [9.17, 15) is 4.79 Å². The first kappa shape index (κ1) is 11.6. The molecule has 86 valence electrons. The van der Waals surface area contributed by atoms with Gasteiger partial charge in [0.15, 0.2) is 0 Å². The van der Waals surface area contributed by atoms with Crippen molar-refractivity contribution >= 4 is 27.4 Å². The fraction of sp³-hybridized carbons (Fsp3) is 0.500. The van der Waals surface area contributed by atoms with Crippen LogP contribution in [0.3, 0.4) is 0 Å². The highest BCUT2D eigenvalue weighted by molar-refractivity contribution is 9.10. The lowest BCUT2D eigenvalue weighted by atomic mass is 9.93. The Morgan fingerprint density at radius 3 is 2.75 bits per heavy atom. The van der Waals surface area contributed by atoms with Crippen LogP contribution in [0.5, 0.6) is 0 Å². The number of Topliss-reactive ketones (excluding diaryl/α,β-unsaturated/α-hetero) is 1. The lowest BCUT2D eigenvalue weighted by molar-refractivity contribution is -0.120. The molecule has 0 radical (unpaired) electrons. The second kappa shape index (κ2) is 4.95. The molecule has 1 aliphatic rings. The van der Waals surface area contributed by atoms with E-state index in [1.807, 2.05) is 6.07 Å². The van der Waals surface area contributed by atoms with Crippen LogP contribution in [0, 0.1) is 0 Å². The highest BCUT2D eigenvalue weighted by Crippen LogP contribution is 2.29. The maximum atomic E-state index is 11.2. The normalized spacial score (nSPS) is 17.5. The zero-order valence-electron chi connectivity index (χ0n) is 9.32. The van der Waals surface area contributed by atoms with Crippen molar-refractivity contribution in [2.45, 2.75) is 31.7 Å². The molecule has 1 aromatic heterocycles. The number of pyridine rings is 1. The molecule has 2 rings (SSSR count). The summed E-state index contributed by atoms with van der Waals surface area (Å²) in [5.41, 5.74) is 1.15. The minimum atomic E-state index is 0.401. The molecule has 0 aromatic carbocycles. The minimum absolute atomic E-state index is 0.401. The summed E-state index contributed by atoms with van der Waals surface area (Å²) in [6.07, 6.45) is 6.97. The zero-order chi connectivity index (χ0) is 11.5. The smallest absolute Gasteiger partial charge is 0.133 e. The van der Waals surface area contributed by atoms with Gasteiger partial charge in [0.2, 0.25) is 0 Å². The molecular weight excluding hydrogens is 268 g/mol. The summed E-state index contributed by atoms with van der Waals surface area (Å²) in [4.78, 5) is 17.5. The molecule has 0 amide bonds. The summed E-state index contributed by atoms with van der Waals surface area (Å²) in [6, 6.07) is 2.47. The van der Waals surface area contributed by atoms with E-state index in [0.29, 0.717) is 11.8 Å². The first-order valence-electron chi connectivity index (χ1n) is 5.52. The van der Waals surface area contributed by atoms with Gasteiger partial charge in [-0.25, -0.2) is 0 Å². The number of aromatic nitrogens is 1. The fourth-order valence-electron chi connectivity index (χ4n) is 2.16. The third-order valence-corrected chi connectivity index (χ3v) is 3.80. The predicted molar refractivity (Wildman–Crippen MR) is 67.6 cm³/mol. The topological polar surface area (TPSA) is 33.2 Å². The summed E-state index contributed by atoms with van der Waals surface area (Å²) < 4.78 is 1.01. The number of carbonyl (C=O) groups excluding carboxylic acids is 1. The van der Waals surface area contributed by atoms with Crippen molar-refractivity contribution in [2.24, 2.45) is 0 Å². The highest BCUT2D eigenvalue weighted by atomic mass is 79.9. The fourth-order valence-corrected chi connectivity index (χ4v) is 2.69. The molecule has 0 atom stereocenters. The van der Waals surface area contributed by atoms with Gasteiger partial charge in [-0.2, -0.15) is 0 Å². The summed E-state index contributed by atoms with van der Waals surface area (Å²) >= 11 is 3.50. The lowest BCUT2D eigenvalue weighted by Gasteiger charge is -2.32. The van der Waals surface area contributed by atoms with E-state index in [1.54, 1.807) is 12.4 Å². The zero-order valence-corrected chi connectivity index (χ0v) is 10.9.